The van der Waals surface area contributed by atoms with E-state index in [0.717, 1.165) is 21.8 Å². The van der Waals surface area contributed by atoms with Gasteiger partial charge in [0, 0.05) is 29.6 Å². The molecule has 0 aromatic carbocycles. The summed E-state index contributed by atoms with van der Waals surface area (Å²) in [5.41, 5.74) is 2.67. The van der Waals surface area contributed by atoms with Crippen molar-refractivity contribution in [2.75, 3.05) is 13.1 Å². The number of ether oxygens (including phenoxy) is 1. The minimum Gasteiger partial charge on any atom is -0.444 e. The lowest BCUT2D eigenvalue weighted by atomic mass is 9.94. The average Bonchev–Trinajstić information content (AvgIpc) is 3.35. The number of aromatic nitrogens is 5. The average molecular weight is 499 g/mol. The maximum absolute atomic E-state index is 15.2. The Labute approximate surface area is 205 Å². The van der Waals surface area contributed by atoms with Gasteiger partial charge in [-0.2, -0.15) is 5.10 Å². The fourth-order valence-corrected chi connectivity index (χ4v) is 5.48. The van der Waals surface area contributed by atoms with Crippen LogP contribution in [-0.4, -0.2) is 59.8 Å². The number of halogens is 1. The van der Waals surface area contributed by atoms with Gasteiger partial charge < -0.3 is 9.64 Å². The number of fused-ring (bicyclic) bond motifs is 2. The van der Waals surface area contributed by atoms with Gasteiger partial charge in [0.1, 0.15) is 17.5 Å². The molecule has 4 aromatic heterocycles. The Bertz CT molecular complexity index is 1500. The second kappa shape index (κ2) is 8.40. The summed E-state index contributed by atoms with van der Waals surface area (Å²) in [5.74, 6) is -0.422. The SMILES string of the molecule is Cc1cn2nc(-c3cc(=O)n4cc([C@@H]5CCN(C(=O)OC(C)(C)C)C[C@H]5F)sc4n3)cc(C)c2n1. The molecule has 1 aliphatic heterocycles. The standard InChI is InChI=1S/C24H27FN6O3S/c1-13-8-18(28-31-10-14(2)26-21(13)31)17-9-20(32)30-12-19(35-22(30)27-17)15-6-7-29(11-16(15)25)23(33)34-24(3,4)5/h8-10,12,15-16H,6-7,11H2,1-5H3/t15-,16-/m1/s1. The molecule has 35 heavy (non-hydrogen) atoms. The monoisotopic (exact) mass is 498 g/mol. The first-order chi connectivity index (χ1) is 16.5. The highest BCUT2D eigenvalue weighted by atomic mass is 32.1. The van der Waals surface area contributed by atoms with Crippen molar-refractivity contribution in [1.29, 1.82) is 0 Å². The number of hydrogen-bond acceptors (Lipinski definition) is 7. The minimum absolute atomic E-state index is 0.0467. The van der Waals surface area contributed by atoms with Gasteiger partial charge in [0.25, 0.3) is 5.56 Å². The Morgan fingerprint density at radius 2 is 1.94 bits per heavy atom. The fourth-order valence-electron chi connectivity index (χ4n) is 4.31. The van der Waals surface area contributed by atoms with Crippen LogP contribution in [0.1, 0.15) is 49.2 Å². The lowest BCUT2D eigenvalue weighted by Crippen LogP contribution is -2.46. The summed E-state index contributed by atoms with van der Waals surface area (Å²) in [6, 6.07) is 3.30. The Balaban J connectivity index is 1.42. The minimum atomic E-state index is -1.27. The van der Waals surface area contributed by atoms with Crippen molar-refractivity contribution in [1.82, 2.24) is 28.9 Å². The predicted molar refractivity (Wildman–Crippen MR) is 131 cm³/mol. The Morgan fingerprint density at radius 1 is 1.17 bits per heavy atom. The molecule has 0 radical (unpaired) electrons. The second-order valence-electron chi connectivity index (χ2n) is 9.97. The molecule has 184 valence electrons. The molecule has 1 saturated heterocycles. The second-order valence-corrected chi connectivity index (χ2v) is 11.0. The van der Waals surface area contributed by atoms with Crippen LogP contribution >= 0.6 is 11.3 Å². The first kappa shape index (κ1) is 23.4. The molecule has 1 fully saturated rings. The van der Waals surface area contributed by atoms with E-state index in [0.29, 0.717) is 29.3 Å². The van der Waals surface area contributed by atoms with Gasteiger partial charge in [-0.15, -0.1) is 11.3 Å². The van der Waals surface area contributed by atoms with Crippen LogP contribution in [0.25, 0.3) is 22.0 Å². The Kier molecular flexibility index (Phi) is 5.62. The molecule has 11 heteroatoms. The summed E-state index contributed by atoms with van der Waals surface area (Å²) in [4.78, 5) is 37.0. The summed E-state index contributed by atoms with van der Waals surface area (Å²) in [7, 11) is 0. The number of likely N-dealkylation sites (tertiary alicyclic amines) is 1. The number of piperidine rings is 1. The third-order valence-electron chi connectivity index (χ3n) is 5.94. The van der Waals surface area contributed by atoms with Crippen LogP contribution in [0.3, 0.4) is 0 Å². The zero-order valence-electron chi connectivity index (χ0n) is 20.3. The third kappa shape index (κ3) is 4.52. The van der Waals surface area contributed by atoms with Gasteiger partial charge >= 0.3 is 6.09 Å². The molecular weight excluding hydrogens is 471 g/mol. The molecule has 0 N–H and O–H groups in total. The largest absolute Gasteiger partial charge is 0.444 e. The summed E-state index contributed by atoms with van der Waals surface area (Å²) in [6.07, 6.45) is 2.15. The lowest BCUT2D eigenvalue weighted by Gasteiger charge is -2.35. The highest BCUT2D eigenvalue weighted by Gasteiger charge is 2.35. The van der Waals surface area contributed by atoms with Crippen LogP contribution in [0, 0.1) is 13.8 Å². The number of aryl methyl sites for hydroxylation is 2. The highest BCUT2D eigenvalue weighted by molar-refractivity contribution is 7.17. The zero-order chi connectivity index (χ0) is 25.1. The van der Waals surface area contributed by atoms with Crippen molar-refractivity contribution in [3.05, 3.63) is 51.0 Å². The molecule has 0 saturated carbocycles. The number of carbonyl (C=O) groups excluding carboxylic acids is 1. The van der Waals surface area contributed by atoms with E-state index >= 15 is 4.39 Å². The van der Waals surface area contributed by atoms with E-state index < -0.39 is 23.8 Å². The molecule has 4 aromatic rings. The molecule has 0 bridgehead atoms. The smallest absolute Gasteiger partial charge is 0.410 e. The van der Waals surface area contributed by atoms with Crippen LogP contribution in [0.5, 0.6) is 0 Å². The van der Waals surface area contributed by atoms with Crippen molar-refractivity contribution in [3.8, 4) is 11.4 Å². The molecule has 1 amide bonds. The fraction of sp³-hybridized carbons (Fsp3) is 0.458. The van der Waals surface area contributed by atoms with Crippen molar-refractivity contribution in [3.63, 3.8) is 0 Å². The number of carbonyl (C=O) groups is 1. The molecule has 0 unspecified atom stereocenters. The van der Waals surface area contributed by atoms with Gasteiger partial charge in [0.05, 0.1) is 24.1 Å². The predicted octanol–water partition coefficient (Wildman–Crippen LogP) is 4.15. The van der Waals surface area contributed by atoms with E-state index in [2.05, 4.69) is 15.1 Å². The van der Waals surface area contributed by atoms with E-state index in [1.54, 1.807) is 31.5 Å². The number of thiazole rings is 1. The van der Waals surface area contributed by atoms with Crippen LogP contribution in [0.4, 0.5) is 9.18 Å². The van der Waals surface area contributed by atoms with Crippen LogP contribution in [-0.2, 0) is 4.74 Å². The highest BCUT2D eigenvalue weighted by Crippen LogP contribution is 2.35. The normalized spacial score (nSPS) is 19.0. The quantitative estimate of drug-likeness (QED) is 0.412. The summed E-state index contributed by atoms with van der Waals surface area (Å²) < 4.78 is 23.7. The van der Waals surface area contributed by atoms with Crippen LogP contribution < -0.4 is 5.56 Å². The van der Waals surface area contributed by atoms with E-state index in [-0.39, 0.29) is 12.1 Å². The molecule has 5 heterocycles. The van der Waals surface area contributed by atoms with Gasteiger partial charge in [-0.3, -0.25) is 9.20 Å². The summed E-state index contributed by atoms with van der Waals surface area (Å²) in [5, 5.41) is 4.57. The lowest BCUT2D eigenvalue weighted by molar-refractivity contribution is 0.0113. The van der Waals surface area contributed by atoms with E-state index in [1.165, 1.54) is 26.7 Å². The van der Waals surface area contributed by atoms with Gasteiger partial charge in [-0.25, -0.2) is 23.7 Å². The molecule has 5 rings (SSSR count). The number of rotatable bonds is 2. The number of amides is 1. The molecule has 0 aliphatic carbocycles. The summed E-state index contributed by atoms with van der Waals surface area (Å²) >= 11 is 1.29. The van der Waals surface area contributed by atoms with Gasteiger partial charge in [0.2, 0.25) is 0 Å². The Hall–Kier alpha value is -3.34. The Morgan fingerprint density at radius 3 is 2.66 bits per heavy atom. The maximum atomic E-state index is 15.2. The first-order valence-electron chi connectivity index (χ1n) is 11.5. The molecule has 2 atom stereocenters. The van der Waals surface area contributed by atoms with Crippen molar-refractivity contribution < 1.29 is 13.9 Å². The number of hydrogen-bond donors (Lipinski definition) is 0. The number of nitrogens with zero attached hydrogens (tertiary/aromatic N) is 6. The molecule has 0 spiro atoms. The number of imidazole rings is 1. The molecular formula is C24H27FN6O3S. The van der Waals surface area contributed by atoms with E-state index in [9.17, 15) is 9.59 Å². The van der Waals surface area contributed by atoms with Crippen LogP contribution in [0.2, 0.25) is 0 Å². The van der Waals surface area contributed by atoms with E-state index in [1.807, 2.05) is 26.1 Å². The van der Waals surface area contributed by atoms with Crippen LogP contribution in [0.15, 0.2) is 29.3 Å². The third-order valence-corrected chi connectivity index (χ3v) is 7.05. The van der Waals surface area contributed by atoms with Gasteiger partial charge in [-0.1, -0.05) is 0 Å². The van der Waals surface area contributed by atoms with Gasteiger partial charge in [-0.05, 0) is 52.7 Å². The van der Waals surface area contributed by atoms with Crippen molar-refractivity contribution in [2.24, 2.45) is 0 Å². The van der Waals surface area contributed by atoms with Crippen molar-refractivity contribution >= 4 is 28.0 Å². The number of alkyl halides is 1. The summed E-state index contributed by atoms with van der Waals surface area (Å²) in [6.45, 7) is 9.52. The molecule has 1 aliphatic rings. The van der Waals surface area contributed by atoms with Crippen molar-refractivity contribution in [2.45, 2.75) is 58.7 Å². The molecule has 9 nitrogen and oxygen atoms in total. The zero-order valence-corrected chi connectivity index (χ0v) is 21.1. The van der Waals surface area contributed by atoms with Gasteiger partial charge in [0.15, 0.2) is 10.6 Å². The van der Waals surface area contributed by atoms with E-state index in [4.69, 9.17) is 4.74 Å². The first-order valence-corrected chi connectivity index (χ1v) is 12.3. The maximum Gasteiger partial charge on any atom is 0.410 e. The topological polar surface area (TPSA) is 94.1 Å².